The van der Waals surface area contributed by atoms with Crippen molar-refractivity contribution in [1.29, 1.82) is 0 Å². The molecule has 6 aromatic rings. The molecule has 0 radical (unpaired) electrons. The number of nitrogens with one attached hydrogen (secondary N) is 3. The van der Waals surface area contributed by atoms with Gasteiger partial charge < -0.3 is 14.6 Å². The van der Waals surface area contributed by atoms with Crippen LogP contribution >= 0.6 is 0 Å². The molecule has 4 aromatic heterocycles. The number of halogens is 1. The summed E-state index contributed by atoms with van der Waals surface area (Å²) in [7, 11) is 0.544. The lowest BCUT2D eigenvalue weighted by molar-refractivity contribution is 0.261. The number of hydrogen-bond donors (Lipinski definition) is 3. The summed E-state index contributed by atoms with van der Waals surface area (Å²) in [6.07, 6.45) is 6.19. The zero-order chi connectivity index (χ0) is 30.1. The van der Waals surface area contributed by atoms with E-state index in [1.807, 2.05) is 49.3 Å². The molecule has 0 aliphatic carbocycles. The Labute approximate surface area is 247 Å². The molecular formula is C30H29FN8O3S. The highest BCUT2D eigenvalue weighted by Crippen LogP contribution is 2.33. The van der Waals surface area contributed by atoms with E-state index in [9.17, 15) is 12.8 Å². The van der Waals surface area contributed by atoms with E-state index in [-0.39, 0.29) is 6.54 Å². The first kappa shape index (κ1) is 28.4. The standard InChI is InChI=1S/C30H29FN8O3S/c1-39(2)7-8-42-22-12-20(15-32-16-22)26-13-24-27(17-33-26)37-38-29(24)30-35-25-6-4-5-23(28(25)36-30)19-9-18(10-21(31)11-19)14-34-43(3,40)41/h4-6,9-13,15-17,34H,7-8,14H2,1-3H3,(H,35,36)(H,37,38). The Kier molecular flexibility index (Phi) is 7.61. The minimum absolute atomic E-state index is 0.0261. The maximum Gasteiger partial charge on any atom is 0.209 e. The van der Waals surface area contributed by atoms with Crippen LogP contribution in [0.5, 0.6) is 5.75 Å². The van der Waals surface area contributed by atoms with Gasteiger partial charge in [-0.2, -0.15) is 5.10 Å². The van der Waals surface area contributed by atoms with Crippen molar-refractivity contribution in [2.75, 3.05) is 33.5 Å². The van der Waals surface area contributed by atoms with Gasteiger partial charge in [-0.1, -0.05) is 12.1 Å². The zero-order valence-corrected chi connectivity index (χ0v) is 24.5. The van der Waals surface area contributed by atoms with E-state index in [0.29, 0.717) is 51.8 Å². The Morgan fingerprint density at radius 2 is 1.88 bits per heavy atom. The van der Waals surface area contributed by atoms with Crippen molar-refractivity contribution in [2.45, 2.75) is 6.54 Å². The van der Waals surface area contributed by atoms with Crippen LogP contribution in [0.25, 0.3) is 55.8 Å². The van der Waals surface area contributed by atoms with Crippen molar-refractivity contribution in [3.63, 3.8) is 0 Å². The van der Waals surface area contributed by atoms with Crippen LogP contribution in [-0.4, -0.2) is 77.0 Å². The number of hydrogen-bond acceptors (Lipinski definition) is 8. The Bertz CT molecular complexity index is 2060. The van der Waals surface area contributed by atoms with Gasteiger partial charge in [-0.3, -0.25) is 15.1 Å². The molecule has 13 heteroatoms. The summed E-state index contributed by atoms with van der Waals surface area (Å²) < 4.78 is 46.0. The maximum absolute atomic E-state index is 14.6. The molecule has 6 rings (SSSR count). The fourth-order valence-corrected chi connectivity index (χ4v) is 5.17. The largest absolute Gasteiger partial charge is 0.491 e. The Morgan fingerprint density at radius 3 is 2.70 bits per heavy atom. The quantitative estimate of drug-likeness (QED) is 0.211. The summed E-state index contributed by atoms with van der Waals surface area (Å²) in [5, 5.41) is 8.35. The fourth-order valence-electron chi connectivity index (χ4n) is 4.74. The van der Waals surface area contributed by atoms with Crippen LogP contribution in [0.3, 0.4) is 0 Å². The number of ether oxygens (including phenoxy) is 1. The molecule has 43 heavy (non-hydrogen) atoms. The molecule has 0 bridgehead atoms. The number of imidazole rings is 1. The highest BCUT2D eigenvalue weighted by atomic mass is 32.2. The van der Waals surface area contributed by atoms with Gasteiger partial charge in [0.05, 0.1) is 40.9 Å². The topological polar surface area (TPSA) is 142 Å². The third-order valence-electron chi connectivity index (χ3n) is 6.81. The Morgan fingerprint density at radius 1 is 1.02 bits per heavy atom. The number of sulfonamides is 1. The van der Waals surface area contributed by atoms with Gasteiger partial charge in [0, 0.05) is 35.8 Å². The second-order valence-corrected chi connectivity index (χ2v) is 12.3. The number of likely N-dealkylation sites (N-methyl/N-ethyl adjacent to an activating group) is 1. The van der Waals surface area contributed by atoms with Gasteiger partial charge >= 0.3 is 0 Å². The molecule has 0 fully saturated rings. The summed E-state index contributed by atoms with van der Waals surface area (Å²) in [5.41, 5.74) is 5.97. The number of fused-ring (bicyclic) bond motifs is 2. The van der Waals surface area contributed by atoms with E-state index < -0.39 is 15.8 Å². The summed E-state index contributed by atoms with van der Waals surface area (Å²) >= 11 is 0. The lowest BCUT2D eigenvalue weighted by atomic mass is 10.0. The van der Waals surface area contributed by atoms with Gasteiger partial charge in [0.25, 0.3) is 0 Å². The van der Waals surface area contributed by atoms with Gasteiger partial charge in [0.1, 0.15) is 23.9 Å². The number of benzene rings is 2. The van der Waals surface area contributed by atoms with Crippen LogP contribution < -0.4 is 9.46 Å². The van der Waals surface area contributed by atoms with E-state index in [0.717, 1.165) is 34.8 Å². The van der Waals surface area contributed by atoms with Crippen LogP contribution in [0.4, 0.5) is 4.39 Å². The molecule has 4 heterocycles. The second kappa shape index (κ2) is 11.5. The average Bonchev–Trinajstić information content (AvgIpc) is 3.59. The van der Waals surface area contributed by atoms with Crippen LogP contribution in [-0.2, 0) is 16.6 Å². The Balaban J connectivity index is 1.35. The minimum atomic E-state index is -3.43. The number of aromatic amines is 2. The van der Waals surface area contributed by atoms with Crippen molar-refractivity contribution in [2.24, 2.45) is 0 Å². The molecule has 0 unspecified atom stereocenters. The molecule has 0 aliphatic rings. The SMILES string of the molecule is CN(C)CCOc1cncc(-c2cc3c(-c4nc5c(-c6cc(F)cc(CNS(C)(=O)=O)c6)cccc5[nH]4)n[nH]c3cn2)c1. The number of H-pyrrole nitrogens is 2. The third-order valence-corrected chi connectivity index (χ3v) is 7.48. The highest BCUT2D eigenvalue weighted by Gasteiger charge is 2.17. The zero-order valence-electron chi connectivity index (χ0n) is 23.7. The van der Waals surface area contributed by atoms with Crippen molar-refractivity contribution < 1.29 is 17.5 Å². The Hall–Kier alpha value is -4.72. The summed E-state index contributed by atoms with van der Waals surface area (Å²) in [4.78, 5) is 19.2. The third kappa shape index (κ3) is 6.38. The highest BCUT2D eigenvalue weighted by molar-refractivity contribution is 7.88. The van der Waals surface area contributed by atoms with E-state index in [1.165, 1.54) is 12.1 Å². The number of rotatable bonds is 10. The number of aromatic nitrogens is 6. The van der Waals surface area contributed by atoms with E-state index >= 15 is 0 Å². The molecule has 2 aromatic carbocycles. The monoisotopic (exact) mass is 600 g/mol. The fraction of sp³-hybridized carbons (Fsp3) is 0.200. The van der Waals surface area contributed by atoms with Gasteiger partial charge in [-0.05, 0) is 61.6 Å². The predicted molar refractivity (Wildman–Crippen MR) is 163 cm³/mol. The number of nitrogens with zero attached hydrogens (tertiary/aromatic N) is 5. The first-order valence-corrected chi connectivity index (χ1v) is 15.3. The van der Waals surface area contributed by atoms with Gasteiger partial charge in [-0.15, -0.1) is 0 Å². The van der Waals surface area contributed by atoms with E-state index in [4.69, 9.17) is 9.72 Å². The molecule has 0 saturated heterocycles. The van der Waals surface area contributed by atoms with Crippen molar-refractivity contribution in [1.82, 2.24) is 39.8 Å². The first-order chi connectivity index (χ1) is 20.6. The molecule has 3 N–H and O–H groups in total. The summed E-state index contributed by atoms with van der Waals surface area (Å²) in [6.45, 7) is 1.30. The van der Waals surface area contributed by atoms with Crippen LogP contribution in [0.2, 0.25) is 0 Å². The molecule has 0 aliphatic heterocycles. The smallest absolute Gasteiger partial charge is 0.209 e. The van der Waals surface area contributed by atoms with Gasteiger partial charge in [-0.25, -0.2) is 22.5 Å². The molecular weight excluding hydrogens is 571 g/mol. The van der Waals surface area contributed by atoms with Crippen molar-refractivity contribution in [3.05, 3.63) is 78.5 Å². The van der Waals surface area contributed by atoms with E-state index in [1.54, 1.807) is 24.7 Å². The lowest BCUT2D eigenvalue weighted by Crippen LogP contribution is -2.21. The minimum Gasteiger partial charge on any atom is -0.491 e. The number of para-hydroxylation sites is 1. The van der Waals surface area contributed by atoms with Crippen molar-refractivity contribution in [3.8, 4) is 39.7 Å². The second-order valence-electron chi connectivity index (χ2n) is 10.5. The number of pyridine rings is 2. The summed E-state index contributed by atoms with van der Waals surface area (Å²) in [5.74, 6) is 0.710. The molecule has 11 nitrogen and oxygen atoms in total. The van der Waals surface area contributed by atoms with Crippen LogP contribution in [0.1, 0.15) is 5.56 Å². The summed E-state index contributed by atoms with van der Waals surface area (Å²) in [6, 6.07) is 13.9. The van der Waals surface area contributed by atoms with Crippen molar-refractivity contribution >= 4 is 32.0 Å². The van der Waals surface area contributed by atoms with Gasteiger partial charge in [0.2, 0.25) is 10.0 Å². The molecule has 0 spiro atoms. The van der Waals surface area contributed by atoms with Gasteiger partial charge in [0.15, 0.2) is 5.82 Å². The maximum atomic E-state index is 14.6. The molecule has 0 atom stereocenters. The van der Waals surface area contributed by atoms with Crippen LogP contribution in [0, 0.1) is 5.82 Å². The normalized spacial score (nSPS) is 12.0. The molecule has 0 saturated carbocycles. The molecule has 220 valence electrons. The predicted octanol–water partition coefficient (Wildman–Crippen LogP) is 4.36. The molecule has 0 amide bonds. The van der Waals surface area contributed by atoms with Crippen LogP contribution in [0.15, 0.2) is 67.1 Å². The average molecular weight is 601 g/mol. The first-order valence-electron chi connectivity index (χ1n) is 13.4. The van der Waals surface area contributed by atoms with E-state index in [2.05, 4.69) is 29.9 Å². The lowest BCUT2D eigenvalue weighted by Gasteiger charge is -2.11.